The van der Waals surface area contributed by atoms with Crippen molar-refractivity contribution in [3.63, 3.8) is 0 Å². The molecule has 0 aromatic heterocycles. The summed E-state index contributed by atoms with van der Waals surface area (Å²) in [5.41, 5.74) is 0. The number of aliphatic carboxylic acids is 1. The third-order valence-corrected chi connectivity index (χ3v) is 3.86. The first-order valence-electron chi connectivity index (χ1n) is 6.45. The van der Waals surface area contributed by atoms with E-state index in [2.05, 4.69) is 10.2 Å². The second-order valence-corrected chi connectivity index (χ2v) is 5.06. The summed E-state index contributed by atoms with van der Waals surface area (Å²) in [5, 5.41) is 12.3. The first kappa shape index (κ1) is 11.9. The van der Waals surface area contributed by atoms with Crippen molar-refractivity contribution in [2.24, 2.45) is 5.92 Å². The molecule has 2 aliphatic rings. The summed E-state index contributed by atoms with van der Waals surface area (Å²) >= 11 is 0. The average Bonchev–Trinajstić information content (AvgIpc) is 2.31. The van der Waals surface area contributed by atoms with Gasteiger partial charge < -0.3 is 10.4 Å². The van der Waals surface area contributed by atoms with Gasteiger partial charge in [-0.05, 0) is 18.8 Å². The Morgan fingerprint density at radius 3 is 2.75 bits per heavy atom. The summed E-state index contributed by atoms with van der Waals surface area (Å²) < 4.78 is 0. The minimum absolute atomic E-state index is 0.310. The lowest BCUT2D eigenvalue weighted by Crippen LogP contribution is -2.56. The van der Waals surface area contributed by atoms with E-state index in [1.54, 1.807) is 0 Å². The Balaban J connectivity index is 1.87. The van der Waals surface area contributed by atoms with Crippen LogP contribution in [0.4, 0.5) is 0 Å². The van der Waals surface area contributed by atoms with Gasteiger partial charge in [-0.25, -0.2) is 0 Å². The van der Waals surface area contributed by atoms with Crippen LogP contribution in [0.2, 0.25) is 0 Å². The maximum absolute atomic E-state index is 11.1. The molecule has 0 aromatic rings. The second-order valence-electron chi connectivity index (χ2n) is 5.06. The molecule has 16 heavy (non-hydrogen) atoms. The van der Waals surface area contributed by atoms with Gasteiger partial charge >= 0.3 is 5.97 Å². The van der Waals surface area contributed by atoms with E-state index in [1.165, 1.54) is 32.1 Å². The largest absolute Gasteiger partial charge is 0.480 e. The van der Waals surface area contributed by atoms with Gasteiger partial charge in [-0.3, -0.25) is 9.69 Å². The Labute approximate surface area is 97.0 Å². The van der Waals surface area contributed by atoms with Gasteiger partial charge in [0, 0.05) is 26.2 Å². The number of nitrogens with one attached hydrogen (secondary N) is 1. The van der Waals surface area contributed by atoms with Crippen LogP contribution in [-0.2, 0) is 4.79 Å². The smallest absolute Gasteiger partial charge is 0.322 e. The Kier molecular flexibility index (Phi) is 4.18. The molecule has 1 atom stereocenters. The van der Waals surface area contributed by atoms with Gasteiger partial charge in [0.25, 0.3) is 0 Å². The highest BCUT2D eigenvalue weighted by molar-refractivity contribution is 5.73. The molecule has 2 rings (SSSR count). The van der Waals surface area contributed by atoms with Crippen LogP contribution in [0.15, 0.2) is 0 Å². The lowest BCUT2D eigenvalue weighted by molar-refractivity contribution is -0.144. The van der Waals surface area contributed by atoms with E-state index < -0.39 is 5.97 Å². The van der Waals surface area contributed by atoms with Crippen molar-refractivity contribution in [1.82, 2.24) is 10.2 Å². The monoisotopic (exact) mass is 226 g/mol. The molecule has 1 aliphatic heterocycles. The van der Waals surface area contributed by atoms with Crippen LogP contribution in [0, 0.1) is 5.92 Å². The summed E-state index contributed by atoms with van der Waals surface area (Å²) in [4.78, 5) is 13.3. The molecule has 92 valence electrons. The van der Waals surface area contributed by atoms with Crippen LogP contribution in [0.1, 0.15) is 32.1 Å². The van der Waals surface area contributed by atoms with Crippen LogP contribution < -0.4 is 5.32 Å². The van der Waals surface area contributed by atoms with Crippen LogP contribution in [-0.4, -0.2) is 48.2 Å². The number of hydrogen-bond acceptors (Lipinski definition) is 3. The van der Waals surface area contributed by atoms with Crippen LogP contribution in [0.5, 0.6) is 0 Å². The minimum Gasteiger partial charge on any atom is -0.480 e. The fourth-order valence-corrected chi connectivity index (χ4v) is 2.91. The molecule has 0 aromatic carbocycles. The van der Waals surface area contributed by atoms with Gasteiger partial charge in [-0.15, -0.1) is 0 Å². The van der Waals surface area contributed by atoms with Crippen molar-refractivity contribution in [3.05, 3.63) is 0 Å². The van der Waals surface area contributed by atoms with E-state index in [9.17, 15) is 4.79 Å². The molecule has 1 heterocycles. The number of carbonyl (C=O) groups is 1. The van der Waals surface area contributed by atoms with E-state index in [-0.39, 0.29) is 6.04 Å². The molecule has 4 heteroatoms. The average molecular weight is 226 g/mol. The SMILES string of the molecule is O=C(O)C1CNCCN1CC1CCCCC1. The lowest BCUT2D eigenvalue weighted by Gasteiger charge is -2.36. The fraction of sp³-hybridized carbons (Fsp3) is 0.917. The van der Waals surface area contributed by atoms with Crippen LogP contribution >= 0.6 is 0 Å². The zero-order chi connectivity index (χ0) is 11.4. The first-order valence-corrected chi connectivity index (χ1v) is 6.45. The van der Waals surface area contributed by atoms with Gasteiger partial charge in [0.1, 0.15) is 6.04 Å². The Morgan fingerprint density at radius 2 is 2.06 bits per heavy atom. The molecule has 0 amide bonds. The molecular formula is C12H22N2O2. The number of nitrogens with zero attached hydrogens (tertiary/aromatic N) is 1. The van der Waals surface area contributed by atoms with Crippen molar-refractivity contribution in [3.8, 4) is 0 Å². The highest BCUT2D eigenvalue weighted by Gasteiger charge is 2.30. The van der Waals surface area contributed by atoms with Crippen molar-refractivity contribution < 1.29 is 9.90 Å². The standard InChI is InChI=1S/C12H22N2O2/c15-12(16)11-8-13-6-7-14(11)9-10-4-2-1-3-5-10/h10-11,13H,1-9H2,(H,15,16). The molecule has 0 spiro atoms. The summed E-state index contributed by atoms with van der Waals surface area (Å²) in [6.07, 6.45) is 6.59. The number of hydrogen-bond donors (Lipinski definition) is 2. The fourth-order valence-electron chi connectivity index (χ4n) is 2.91. The third kappa shape index (κ3) is 2.95. The van der Waals surface area contributed by atoms with Gasteiger partial charge in [0.2, 0.25) is 0 Å². The Bertz CT molecular complexity index is 239. The van der Waals surface area contributed by atoms with E-state index in [1.807, 2.05) is 0 Å². The van der Waals surface area contributed by atoms with Crippen LogP contribution in [0.25, 0.3) is 0 Å². The second kappa shape index (κ2) is 5.64. The maximum Gasteiger partial charge on any atom is 0.322 e. The van der Waals surface area contributed by atoms with Gasteiger partial charge in [0.05, 0.1) is 0 Å². The molecule has 2 N–H and O–H groups in total. The van der Waals surface area contributed by atoms with Crippen molar-refractivity contribution in [2.75, 3.05) is 26.2 Å². The highest BCUT2D eigenvalue weighted by Crippen LogP contribution is 2.25. The molecular weight excluding hydrogens is 204 g/mol. The summed E-state index contributed by atoms with van der Waals surface area (Å²) in [7, 11) is 0. The number of rotatable bonds is 3. The Hall–Kier alpha value is -0.610. The first-order chi connectivity index (χ1) is 7.77. The maximum atomic E-state index is 11.1. The third-order valence-electron chi connectivity index (χ3n) is 3.86. The molecule has 1 unspecified atom stereocenters. The molecule has 1 saturated heterocycles. The predicted octanol–water partition coefficient (Wildman–Crippen LogP) is 0.925. The van der Waals surface area contributed by atoms with E-state index in [4.69, 9.17) is 5.11 Å². The zero-order valence-corrected chi connectivity index (χ0v) is 9.82. The number of piperazine rings is 1. The topological polar surface area (TPSA) is 52.6 Å². The predicted molar refractivity (Wildman–Crippen MR) is 62.4 cm³/mol. The molecule has 0 radical (unpaired) electrons. The summed E-state index contributed by atoms with van der Waals surface area (Å²) in [6.45, 7) is 3.39. The lowest BCUT2D eigenvalue weighted by atomic mass is 9.88. The van der Waals surface area contributed by atoms with Gasteiger partial charge in [0.15, 0.2) is 0 Å². The Morgan fingerprint density at radius 1 is 1.31 bits per heavy atom. The molecule has 0 bridgehead atoms. The van der Waals surface area contributed by atoms with E-state index in [0.717, 1.165) is 25.6 Å². The molecule has 4 nitrogen and oxygen atoms in total. The normalized spacial score (nSPS) is 29.1. The highest BCUT2D eigenvalue weighted by atomic mass is 16.4. The van der Waals surface area contributed by atoms with E-state index >= 15 is 0 Å². The van der Waals surface area contributed by atoms with E-state index in [0.29, 0.717) is 6.54 Å². The minimum atomic E-state index is -0.678. The van der Waals surface area contributed by atoms with Crippen LogP contribution in [0.3, 0.4) is 0 Å². The number of carboxylic acid groups (broad SMARTS) is 1. The van der Waals surface area contributed by atoms with Gasteiger partial charge in [-0.2, -0.15) is 0 Å². The summed E-state index contributed by atoms with van der Waals surface area (Å²) in [5.74, 6) is 0.0525. The summed E-state index contributed by atoms with van der Waals surface area (Å²) in [6, 6.07) is -0.310. The zero-order valence-electron chi connectivity index (χ0n) is 9.82. The van der Waals surface area contributed by atoms with Crippen molar-refractivity contribution in [2.45, 2.75) is 38.1 Å². The molecule has 1 saturated carbocycles. The van der Waals surface area contributed by atoms with Gasteiger partial charge in [-0.1, -0.05) is 19.3 Å². The van der Waals surface area contributed by atoms with Crippen molar-refractivity contribution in [1.29, 1.82) is 0 Å². The number of carboxylic acids is 1. The quantitative estimate of drug-likeness (QED) is 0.751. The molecule has 1 aliphatic carbocycles. The van der Waals surface area contributed by atoms with Crippen molar-refractivity contribution >= 4 is 5.97 Å². The molecule has 2 fully saturated rings.